The average molecular weight is 222 g/mol. The normalized spacial score (nSPS) is 19.3. The number of nitrogens with zero attached hydrogens (tertiary/aromatic N) is 1. The van der Waals surface area contributed by atoms with E-state index in [4.69, 9.17) is 5.73 Å². The van der Waals surface area contributed by atoms with Gasteiger partial charge in [0.05, 0.1) is 0 Å². The second kappa shape index (κ2) is 3.74. The first-order valence-corrected chi connectivity index (χ1v) is 5.70. The Morgan fingerprint density at radius 3 is 2.44 bits per heavy atom. The maximum atomic E-state index is 13.4. The molecule has 0 amide bonds. The number of hydrogen-bond acceptors (Lipinski definition) is 2. The summed E-state index contributed by atoms with van der Waals surface area (Å²) in [7, 11) is 3.96. The van der Waals surface area contributed by atoms with Crippen LogP contribution in [0.15, 0.2) is 18.2 Å². The fraction of sp³-hybridized carbons (Fsp3) is 0.538. The van der Waals surface area contributed by atoms with Crippen LogP contribution in [-0.4, -0.2) is 20.1 Å². The van der Waals surface area contributed by atoms with Gasteiger partial charge in [0.2, 0.25) is 0 Å². The average Bonchev–Trinajstić information content (AvgIpc) is 2.97. The molecule has 1 aliphatic rings. The number of rotatable bonds is 3. The number of halogens is 1. The first-order chi connectivity index (χ1) is 7.47. The Bertz CT molecular complexity index is 395. The molecule has 0 heterocycles. The summed E-state index contributed by atoms with van der Waals surface area (Å²) < 4.78 is 13.4. The molecule has 0 bridgehead atoms. The van der Waals surface area contributed by atoms with Crippen LogP contribution in [0.1, 0.15) is 25.3 Å². The van der Waals surface area contributed by atoms with Crippen LogP contribution < -0.4 is 10.6 Å². The van der Waals surface area contributed by atoms with E-state index < -0.39 is 0 Å². The molecule has 0 aliphatic heterocycles. The minimum atomic E-state index is -0.174. The fourth-order valence-corrected chi connectivity index (χ4v) is 2.40. The van der Waals surface area contributed by atoms with Crippen molar-refractivity contribution in [2.75, 3.05) is 19.0 Å². The molecule has 1 fully saturated rings. The molecular formula is C13H19FN2. The smallest absolute Gasteiger partial charge is 0.123 e. The van der Waals surface area contributed by atoms with E-state index in [1.54, 1.807) is 6.07 Å². The number of nitrogens with two attached hydrogens (primary N) is 1. The maximum Gasteiger partial charge on any atom is 0.123 e. The molecule has 2 rings (SSSR count). The fourth-order valence-electron chi connectivity index (χ4n) is 2.40. The van der Waals surface area contributed by atoms with Crippen molar-refractivity contribution in [2.24, 2.45) is 5.73 Å². The van der Waals surface area contributed by atoms with Crippen LogP contribution in [-0.2, 0) is 5.41 Å². The topological polar surface area (TPSA) is 29.3 Å². The Morgan fingerprint density at radius 1 is 1.38 bits per heavy atom. The molecule has 1 aromatic carbocycles. The quantitative estimate of drug-likeness (QED) is 0.850. The molecular weight excluding hydrogens is 203 g/mol. The van der Waals surface area contributed by atoms with Crippen molar-refractivity contribution in [1.82, 2.24) is 0 Å². The van der Waals surface area contributed by atoms with Crippen molar-refractivity contribution in [3.63, 3.8) is 0 Å². The van der Waals surface area contributed by atoms with Crippen molar-refractivity contribution in [3.8, 4) is 0 Å². The van der Waals surface area contributed by atoms with E-state index in [1.165, 1.54) is 6.07 Å². The Hall–Kier alpha value is -1.09. The number of hydrogen-bond donors (Lipinski definition) is 1. The maximum absolute atomic E-state index is 13.4. The Morgan fingerprint density at radius 2 is 2.00 bits per heavy atom. The monoisotopic (exact) mass is 222 g/mol. The van der Waals surface area contributed by atoms with Crippen LogP contribution in [0.5, 0.6) is 0 Å². The third-order valence-corrected chi connectivity index (χ3v) is 3.64. The van der Waals surface area contributed by atoms with E-state index in [0.29, 0.717) is 0 Å². The van der Waals surface area contributed by atoms with Gasteiger partial charge in [-0.05, 0) is 43.5 Å². The van der Waals surface area contributed by atoms with E-state index in [1.807, 2.05) is 32.0 Å². The molecule has 0 spiro atoms. The summed E-state index contributed by atoms with van der Waals surface area (Å²) in [4.78, 5) is 2.03. The van der Waals surface area contributed by atoms with Crippen LogP contribution in [0.3, 0.4) is 0 Å². The van der Waals surface area contributed by atoms with Gasteiger partial charge in [0, 0.05) is 31.2 Å². The summed E-state index contributed by atoms with van der Waals surface area (Å²) >= 11 is 0. The van der Waals surface area contributed by atoms with Crippen LogP contribution in [0.2, 0.25) is 0 Å². The second-order valence-electron chi connectivity index (χ2n) is 5.00. The second-order valence-corrected chi connectivity index (χ2v) is 5.00. The van der Waals surface area contributed by atoms with E-state index in [9.17, 15) is 4.39 Å². The van der Waals surface area contributed by atoms with Gasteiger partial charge < -0.3 is 10.6 Å². The van der Waals surface area contributed by atoms with E-state index in [2.05, 4.69) is 0 Å². The Kier molecular flexibility index (Phi) is 2.66. The summed E-state index contributed by atoms with van der Waals surface area (Å²) in [5.41, 5.74) is 8.19. The van der Waals surface area contributed by atoms with Gasteiger partial charge in [-0.3, -0.25) is 0 Å². The van der Waals surface area contributed by atoms with Crippen LogP contribution in [0.4, 0.5) is 10.1 Å². The molecule has 0 aromatic heterocycles. The van der Waals surface area contributed by atoms with Gasteiger partial charge in [-0.1, -0.05) is 0 Å². The zero-order valence-electron chi connectivity index (χ0n) is 10.1. The van der Waals surface area contributed by atoms with Gasteiger partial charge in [0.15, 0.2) is 0 Å². The minimum Gasteiger partial charge on any atom is -0.377 e. The first kappa shape index (κ1) is 11.4. The minimum absolute atomic E-state index is 0.00169. The zero-order valence-corrected chi connectivity index (χ0v) is 10.1. The van der Waals surface area contributed by atoms with Crippen molar-refractivity contribution >= 4 is 5.69 Å². The molecule has 0 radical (unpaired) electrons. The van der Waals surface area contributed by atoms with Crippen LogP contribution in [0, 0.1) is 5.82 Å². The van der Waals surface area contributed by atoms with E-state index in [0.717, 1.165) is 24.1 Å². The standard InChI is InChI=1S/C13H19FN2/c1-9(15)13(6-7-13)11-8-10(14)4-5-12(11)16(2)3/h4-5,8-9H,6-7,15H2,1-3H3. The van der Waals surface area contributed by atoms with Gasteiger partial charge in [-0.25, -0.2) is 4.39 Å². The zero-order chi connectivity index (χ0) is 11.9. The summed E-state index contributed by atoms with van der Waals surface area (Å²) in [6, 6.07) is 5.07. The van der Waals surface area contributed by atoms with Gasteiger partial charge in [0.25, 0.3) is 0 Å². The van der Waals surface area contributed by atoms with Gasteiger partial charge in [0.1, 0.15) is 5.82 Å². The molecule has 1 atom stereocenters. The summed E-state index contributed by atoms with van der Waals surface area (Å²) in [6.45, 7) is 2.01. The Balaban J connectivity index is 2.50. The predicted octanol–water partition coefficient (Wildman–Crippen LogP) is 2.27. The first-order valence-electron chi connectivity index (χ1n) is 5.70. The molecule has 2 nitrogen and oxygen atoms in total. The lowest BCUT2D eigenvalue weighted by Gasteiger charge is -2.26. The highest BCUT2D eigenvalue weighted by Gasteiger charge is 2.49. The SMILES string of the molecule is CC(N)C1(c2cc(F)ccc2N(C)C)CC1. The lowest BCUT2D eigenvalue weighted by Crippen LogP contribution is -2.33. The van der Waals surface area contributed by atoms with E-state index >= 15 is 0 Å². The molecule has 1 unspecified atom stereocenters. The van der Waals surface area contributed by atoms with Crippen molar-refractivity contribution in [3.05, 3.63) is 29.6 Å². The Labute approximate surface area is 96.2 Å². The molecule has 16 heavy (non-hydrogen) atoms. The van der Waals surface area contributed by atoms with Crippen molar-refractivity contribution in [1.29, 1.82) is 0 Å². The third kappa shape index (κ3) is 1.69. The largest absolute Gasteiger partial charge is 0.377 e. The predicted molar refractivity (Wildman–Crippen MR) is 65.3 cm³/mol. The van der Waals surface area contributed by atoms with E-state index in [-0.39, 0.29) is 17.3 Å². The number of benzene rings is 1. The van der Waals surface area contributed by atoms with Crippen molar-refractivity contribution in [2.45, 2.75) is 31.2 Å². The van der Waals surface area contributed by atoms with Crippen molar-refractivity contribution < 1.29 is 4.39 Å². The molecule has 1 aliphatic carbocycles. The molecule has 0 saturated heterocycles. The summed E-state index contributed by atoms with van der Waals surface area (Å²) in [5.74, 6) is -0.174. The lowest BCUT2D eigenvalue weighted by molar-refractivity contribution is 0.548. The highest BCUT2D eigenvalue weighted by molar-refractivity contribution is 5.58. The van der Waals surface area contributed by atoms with Gasteiger partial charge in [-0.15, -0.1) is 0 Å². The van der Waals surface area contributed by atoms with Crippen LogP contribution >= 0.6 is 0 Å². The third-order valence-electron chi connectivity index (χ3n) is 3.64. The van der Waals surface area contributed by atoms with Gasteiger partial charge in [-0.2, -0.15) is 0 Å². The molecule has 1 saturated carbocycles. The summed E-state index contributed by atoms with van der Waals surface area (Å²) in [6.07, 6.45) is 2.13. The molecule has 3 heteroatoms. The highest BCUT2D eigenvalue weighted by Crippen LogP contribution is 2.53. The van der Waals surface area contributed by atoms with Crippen LogP contribution in [0.25, 0.3) is 0 Å². The van der Waals surface area contributed by atoms with Gasteiger partial charge >= 0.3 is 0 Å². The molecule has 88 valence electrons. The highest BCUT2D eigenvalue weighted by atomic mass is 19.1. The molecule has 1 aromatic rings. The number of anilines is 1. The summed E-state index contributed by atoms with van der Waals surface area (Å²) in [5, 5.41) is 0. The molecule has 2 N–H and O–H groups in total. The lowest BCUT2D eigenvalue weighted by atomic mass is 9.88.